The lowest BCUT2D eigenvalue weighted by molar-refractivity contribution is 0.459. The molecule has 0 radical (unpaired) electrons. The molecule has 1 saturated heterocycles. The molecule has 1 aliphatic rings. The summed E-state index contributed by atoms with van der Waals surface area (Å²) in [5.41, 5.74) is 2.05. The monoisotopic (exact) mass is 435 g/mol. The van der Waals surface area contributed by atoms with E-state index in [2.05, 4.69) is 42.4 Å². The van der Waals surface area contributed by atoms with Crippen molar-refractivity contribution in [1.29, 1.82) is 0 Å². The topological polar surface area (TPSA) is 45.5 Å². The van der Waals surface area contributed by atoms with Crippen LogP contribution in [0.25, 0.3) is 0 Å². The molecular formula is C20H27BrFN5. The minimum Gasteiger partial charge on any atom is -0.356 e. The zero-order valence-corrected chi connectivity index (χ0v) is 17.5. The minimum atomic E-state index is -0.147. The first-order valence-electron chi connectivity index (χ1n) is 9.42. The lowest BCUT2D eigenvalue weighted by Gasteiger charge is -2.21. The van der Waals surface area contributed by atoms with Crippen molar-refractivity contribution in [2.45, 2.75) is 25.7 Å². The lowest BCUT2D eigenvalue weighted by atomic mass is 10.0. The average molecular weight is 436 g/mol. The van der Waals surface area contributed by atoms with Crippen LogP contribution in [0, 0.1) is 11.7 Å². The predicted octanol–water partition coefficient (Wildman–Crippen LogP) is 3.39. The number of halogens is 2. The number of benzene rings is 1. The maximum absolute atomic E-state index is 13.9. The number of guanidine groups is 1. The molecule has 7 heteroatoms. The van der Waals surface area contributed by atoms with Crippen molar-refractivity contribution in [2.75, 3.05) is 26.7 Å². The zero-order chi connectivity index (χ0) is 19.2. The fourth-order valence-electron chi connectivity index (χ4n) is 3.64. The van der Waals surface area contributed by atoms with Gasteiger partial charge in [-0.15, -0.1) is 0 Å². The second kappa shape index (κ2) is 9.35. The number of aromatic nitrogens is 2. The number of nitrogens with zero attached hydrogens (tertiary/aromatic N) is 4. The Bertz CT molecular complexity index is 788. The molecule has 2 aromatic rings. The quantitative estimate of drug-likeness (QED) is 0.429. The second-order valence-corrected chi connectivity index (χ2v) is 8.06. The minimum absolute atomic E-state index is 0.147. The van der Waals surface area contributed by atoms with Crippen LogP contribution in [0.2, 0.25) is 0 Å². The summed E-state index contributed by atoms with van der Waals surface area (Å²) in [6.45, 7) is 2.81. The number of hydrogen-bond acceptors (Lipinski definition) is 2. The van der Waals surface area contributed by atoms with Crippen molar-refractivity contribution in [3.05, 3.63) is 52.0 Å². The van der Waals surface area contributed by atoms with Gasteiger partial charge >= 0.3 is 0 Å². The van der Waals surface area contributed by atoms with E-state index < -0.39 is 0 Å². The molecule has 1 aliphatic heterocycles. The van der Waals surface area contributed by atoms with Gasteiger partial charge < -0.3 is 10.2 Å². The van der Waals surface area contributed by atoms with Crippen LogP contribution in [0.1, 0.15) is 24.0 Å². The van der Waals surface area contributed by atoms with E-state index in [0.29, 0.717) is 12.3 Å². The molecule has 0 aliphatic carbocycles. The summed E-state index contributed by atoms with van der Waals surface area (Å²) in [6.07, 6.45) is 7.86. The molecule has 0 bridgehead atoms. The van der Waals surface area contributed by atoms with Gasteiger partial charge in [0, 0.05) is 44.4 Å². The van der Waals surface area contributed by atoms with Gasteiger partial charge in [-0.25, -0.2) is 4.39 Å². The van der Waals surface area contributed by atoms with Crippen LogP contribution < -0.4 is 5.32 Å². The van der Waals surface area contributed by atoms with Crippen LogP contribution in [0.4, 0.5) is 4.39 Å². The van der Waals surface area contributed by atoms with Crippen LogP contribution in [0.15, 0.2) is 40.1 Å². The fourth-order valence-corrected chi connectivity index (χ4v) is 3.97. The van der Waals surface area contributed by atoms with Gasteiger partial charge in [-0.3, -0.25) is 9.67 Å². The third-order valence-electron chi connectivity index (χ3n) is 5.00. The van der Waals surface area contributed by atoms with Gasteiger partial charge in [0.2, 0.25) is 0 Å². The van der Waals surface area contributed by atoms with Gasteiger partial charge in [0.05, 0.1) is 6.20 Å². The van der Waals surface area contributed by atoms with Gasteiger partial charge in [0.25, 0.3) is 0 Å². The van der Waals surface area contributed by atoms with Crippen molar-refractivity contribution < 1.29 is 4.39 Å². The highest BCUT2D eigenvalue weighted by Crippen LogP contribution is 2.21. The molecule has 0 saturated carbocycles. The Labute approximate surface area is 168 Å². The Morgan fingerprint density at radius 2 is 2.30 bits per heavy atom. The van der Waals surface area contributed by atoms with Gasteiger partial charge in [-0.05, 0) is 54.9 Å². The van der Waals surface area contributed by atoms with Crippen molar-refractivity contribution in [3.8, 4) is 0 Å². The molecule has 1 atom stereocenters. The highest BCUT2D eigenvalue weighted by Gasteiger charge is 2.25. The molecule has 27 heavy (non-hydrogen) atoms. The van der Waals surface area contributed by atoms with Crippen LogP contribution >= 0.6 is 15.9 Å². The molecular weight excluding hydrogens is 409 g/mol. The molecule has 5 nitrogen and oxygen atoms in total. The number of aliphatic imine (C=N–C) groups is 1. The smallest absolute Gasteiger partial charge is 0.193 e. The number of nitrogens with one attached hydrogen (secondary N) is 1. The van der Waals surface area contributed by atoms with E-state index in [1.165, 1.54) is 18.1 Å². The first kappa shape index (κ1) is 19.9. The first-order valence-corrected chi connectivity index (χ1v) is 10.2. The van der Waals surface area contributed by atoms with Crippen molar-refractivity contribution >= 4 is 21.9 Å². The van der Waals surface area contributed by atoms with Crippen molar-refractivity contribution in [2.24, 2.45) is 18.0 Å². The molecule has 3 rings (SSSR count). The highest BCUT2D eigenvalue weighted by atomic mass is 79.9. The van der Waals surface area contributed by atoms with E-state index in [0.717, 1.165) is 48.5 Å². The normalized spacial score (nSPS) is 17.6. The largest absolute Gasteiger partial charge is 0.356 e. The SMILES string of the molecule is CN=C(NCCCc1ccc(Br)cc1F)N1CCC(Cc2cnn(C)c2)C1. The van der Waals surface area contributed by atoms with Crippen LogP contribution in [-0.2, 0) is 19.9 Å². The Morgan fingerprint density at radius 3 is 3.00 bits per heavy atom. The summed E-state index contributed by atoms with van der Waals surface area (Å²) < 4.78 is 16.5. The van der Waals surface area contributed by atoms with E-state index in [1.807, 2.05) is 37.1 Å². The van der Waals surface area contributed by atoms with Crippen LogP contribution in [0.3, 0.4) is 0 Å². The highest BCUT2D eigenvalue weighted by molar-refractivity contribution is 9.10. The maximum atomic E-state index is 13.9. The van der Waals surface area contributed by atoms with E-state index >= 15 is 0 Å². The van der Waals surface area contributed by atoms with Gasteiger partial charge in [0.15, 0.2) is 5.96 Å². The van der Waals surface area contributed by atoms with Gasteiger partial charge in [-0.2, -0.15) is 5.10 Å². The van der Waals surface area contributed by atoms with E-state index in [1.54, 1.807) is 0 Å². The summed E-state index contributed by atoms with van der Waals surface area (Å²) in [7, 11) is 3.78. The molecule has 1 aromatic carbocycles. The third kappa shape index (κ3) is 5.54. The first-order chi connectivity index (χ1) is 13.0. The summed E-state index contributed by atoms with van der Waals surface area (Å²) >= 11 is 3.29. The Hall–Kier alpha value is -1.89. The molecule has 1 fully saturated rings. The maximum Gasteiger partial charge on any atom is 0.193 e. The van der Waals surface area contributed by atoms with Crippen LogP contribution in [-0.4, -0.2) is 47.3 Å². The molecule has 1 unspecified atom stereocenters. The average Bonchev–Trinajstić information content (AvgIpc) is 3.26. The standard InChI is InChI=1S/C20H27BrFN5/c1-23-20(24-8-3-4-17-5-6-18(21)11-19(17)22)27-9-7-15(14-27)10-16-12-25-26(2)13-16/h5-6,11-13,15H,3-4,7-10,14H2,1-2H3,(H,23,24). The van der Waals surface area contributed by atoms with E-state index in [-0.39, 0.29) is 5.82 Å². The lowest BCUT2D eigenvalue weighted by Crippen LogP contribution is -2.40. The van der Waals surface area contributed by atoms with Gasteiger partial charge in [-0.1, -0.05) is 22.0 Å². The molecule has 0 amide bonds. The Balaban J connectivity index is 1.42. The summed E-state index contributed by atoms with van der Waals surface area (Å²) in [5.74, 6) is 1.43. The summed E-state index contributed by atoms with van der Waals surface area (Å²) in [6, 6.07) is 5.25. The molecule has 0 spiro atoms. The molecule has 1 N–H and O–H groups in total. The Morgan fingerprint density at radius 1 is 1.44 bits per heavy atom. The number of likely N-dealkylation sites (tertiary alicyclic amines) is 1. The second-order valence-electron chi connectivity index (χ2n) is 7.14. The number of rotatable bonds is 6. The molecule has 1 aromatic heterocycles. The molecule has 146 valence electrons. The summed E-state index contributed by atoms with van der Waals surface area (Å²) in [5, 5.41) is 7.68. The summed E-state index contributed by atoms with van der Waals surface area (Å²) in [4.78, 5) is 6.74. The predicted molar refractivity (Wildman–Crippen MR) is 110 cm³/mol. The fraction of sp³-hybridized carbons (Fsp3) is 0.500. The number of hydrogen-bond donors (Lipinski definition) is 1. The Kier molecular flexibility index (Phi) is 6.88. The van der Waals surface area contributed by atoms with Crippen LogP contribution in [0.5, 0.6) is 0 Å². The van der Waals surface area contributed by atoms with E-state index in [4.69, 9.17) is 0 Å². The molecule has 2 heterocycles. The zero-order valence-electron chi connectivity index (χ0n) is 16.0. The number of aryl methyl sites for hydroxylation is 2. The van der Waals surface area contributed by atoms with Crippen molar-refractivity contribution in [1.82, 2.24) is 20.0 Å². The third-order valence-corrected chi connectivity index (χ3v) is 5.49. The van der Waals surface area contributed by atoms with Gasteiger partial charge in [0.1, 0.15) is 5.82 Å². The van der Waals surface area contributed by atoms with Crippen molar-refractivity contribution in [3.63, 3.8) is 0 Å². The van der Waals surface area contributed by atoms with E-state index in [9.17, 15) is 4.39 Å².